The van der Waals surface area contributed by atoms with Crippen LogP contribution in [0.3, 0.4) is 0 Å². The fraction of sp³-hybridized carbons (Fsp3) is 0.536. The Hall–Kier alpha value is -3.12. The number of benzene rings is 2. The molecule has 0 bridgehead atoms. The molecule has 3 N–H and O–H groups in total. The van der Waals surface area contributed by atoms with E-state index in [0.717, 1.165) is 25.9 Å². The molecule has 2 heterocycles. The van der Waals surface area contributed by atoms with E-state index < -0.39 is 34.2 Å². The maximum absolute atomic E-state index is 13.7. The Morgan fingerprint density at radius 1 is 0.975 bits per heavy atom. The maximum atomic E-state index is 13.7. The van der Waals surface area contributed by atoms with Crippen molar-refractivity contribution in [1.82, 2.24) is 0 Å². The van der Waals surface area contributed by atoms with Crippen LogP contribution in [0, 0.1) is 5.41 Å². The average Bonchev–Trinajstić information content (AvgIpc) is 3.67. The molecule has 3 fully saturated rings. The van der Waals surface area contributed by atoms with E-state index in [0.29, 0.717) is 39.5 Å². The van der Waals surface area contributed by atoms with E-state index in [1.165, 1.54) is 26.0 Å². The number of sulfonamides is 1. The molecule has 1 aliphatic carbocycles. The Bertz CT molecular complexity index is 1350. The zero-order chi connectivity index (χ0) is 28.5. The van der Waals surface area contributed by atoms with Crippen LogP contribution in [0.5, 0.6) is 5.75 Å². The van der Waals surface area contributed by atoms with Gasteiger partial charge in [0.25, 0.3) is 11.8 Å². The highest BCUT2D eigenvalue weighted by atomic mass is 32.2. The first-order chi connectivity index (χ1) is 19.0. The smallest absolute Gasteiger partial charge is 0.257 e. The van der Waals surface area contributed by atoms with Crippen LogP contribution >= 0.6 is 0 Å². The van der Waals surface area contributed by atoms with Gasteiger partial charge in [-0.25, -0.2) is 17.2 Å². The summed E-state index contributed by atoms with van der Waals surface area (Å²) in [7, 11) is -2.26. The van der Waals surface area contributed by atoms with Gasteiger partial charge in [-0.3, -0.25) is 9.52 Å². The minimum Gasteiger partial charge on any atom is -0.492 e. The number of rotatable bonds is 9. The lowest BCUT2D eigenvalue weighted by Gasteiger charge is -2.35. The second kappa shape index (κ2) is 11.0. The molecule has 40 heavy (non-hydrogen) atoms. The van der Waals surface area contributed by atoms with Crippen molar-refractivity contribution in [2.45, 2.75) is 44.4 Å². The van der Waals surface area contributed by atoms with Gasteiger partial charge in [0.2, 0.25) is 10.0 Å². The Labute approximate surface area is 233 Å². The first kappa shape index (κ1) is 28.4. The number of piperidine rings is 2. The number of hydrogen-bond donors (Lipinski definition) is 3. The number of carbonyl (C=O) groups is 1. The van der Waals surface area contributed by atoms with Crippen LogP contribution < -0.4 is 24.6 Å². The fourth-order valence-corrected chi connectivity index (χ4v) is 6.48. The summed E-state index contributed by atoms with van der Waals surface area (Å²) in [6.45, 7) is 1.36. The number of halogens is 2. The molecule has 2 aromatic carbocycles. The predicted molar refractivity (Wildman–Crippen MR) is 151 cm³/mol. The molecule has 2 aliphatic heterocycles. The first-order valence-electron chi connectivity index (χ1n) is 13.7. The molecule has 9 nitrogen and oxygen atoms in total. The van der Waals surface area contributed by atoms with Gasteiger partial charge in [0.05, 0.1) is 47.8 Å². The van der Waals surface area contributed by atoms with Gasteiger partial charge in [0, 0.05) is 39.0 Å². The summed E-state index contributed by atoms with van der Waals surface area (Å²) in [6, 6.07) is 10.0. The summed E-state index contributed by atoms with van der Waals surface area (Å²) >= 11 is 0. The fourth-order valence-electron chi connectivity index (χ4n) is 5.65. The van der Waals surface area contributed by atoms with Crippen LogP contribution in [0.2, 0.25) is 0 Å². The van der Waals surface area contributed by atoms with Crippen molar-refractivity contribution >= 4 is 38.7 Å². The molecular formula is C28H36F2N4O5S. The molecule has 5 rings (SSSR count). The standard InChI is InChI=1S/C28H36F2N4O5S/c1-39-25-22(3-2-4-23(25)33-15-11-28(29,30)12-16-33)31-26(36)21-6-5-20(32-40(37,38)18-17-35)19-24(21)34-13-9-27(7-8-27)10-14-34/h2-6,19,32,35H,7-18H2,1H3,(H,31,36). The van der Waals surface area contributed by atoms with E-state index in [9.17, 15) is 22.0 Å². The number of alkyl halides is 2. The quantitative estimate of drug-likeness (QED) is 0.407. The maximum Gasteiger partial charge on any atom is 0.257 e. The molecule has 3 aliphatic rings. The highest BCUT2D eigenvalue weighted by Gasteiger charge is 2.44. The lowest BCUT2D eigenvalue weighted by Crippen LogP contribution is -2.39. The Morgan fingerprint density at radius 2 is 1.62 bits per heavy atom. The number of amides is 1. The van der Waals surface area contributed by atoms with Gasteiger partial charge in [-0.05, 0) is 61.4 Å². The normalized spacial score (nSPS) is 19.8. The number of aliphatic hydroxyl groups excluding tert-OH is 1. The van der Waals surface area contributed by atoms with Crippen molar-refractivity contribution in [1.29, 1.82) is 0 Å². The van der Waals surface area contributed by atoms with Crippen LogP contribution in [-0.4, -0.2) is 71.0 Å². The molecular weight excluding hydrogens is 542 g/mol. The second-order valence-electron chi connectivity index (χ2n) is 11.0. The number of nitrogens with zero attached hydrogens (tertiary/aromatic N) is 2. The van der Waals surface area contributed by atoms with Crippen LogP contribution in [0.15, 0.2) is 36.4 Å². The summed E-state index contributed by atoms with van der Waals surface area (Å²) < 4.78 is 60.2. The van der Waals surface area contributed by atoms with E-state index in [-0.39, 0.29) is 25.9 Å². The third-order valence-corrected chi connectivity index (χ3v) is 9.55. The summed E-state index contributed by atoms with van der Waals surface area (Å²) in [6.07, 6.45) is 3.97. The zero-order valence-electron chi connectivity index (χ0n) is 22.6. The molecule has 2 saturated heterocycles. The van der Waals surface area contributed by atoms with Crippen molar-refractivity contribution in [3.05, 3.63) is 42.0 Å². The van der Waals surface area contributed by atoms with Gasteiger partial charge in [0.1, 0.15) is 0 Å². The molecule has 0 atom stereocenters. The first-order valence-corrected chi connectivity index (χ1v) is 15.3. The molecule has 218 valence electrons. The largest absolute Gasteiger partial charge is 0.492 e. The van der Waals surface area contributed by atoms with Crippen molar-refractivity contribution in [2.24, 2.45) is 5.41 Å². The van der Waals surface area contributed by atoms with Crippen LogP contribution in [0.25, 0.3) is 0 Å². The number of carbonyl (C=O) groups excluding carboxylic acids is 1. The van der Waals surface area contributed by atoms with Crippen molar-refractivity contribution in [3.63, 3.8) is 0 Å². The molecule has 0 radical (unpaired) electrons. The van der Waals surface area contributed by atoms with Crippen LogP contribution in [0.1, 0.15) is 48.9 Å². The Morgan fingerprint density at radius 3 is 2.25 bits per heavy atom. The highest BCUT2D eigenvalue weighted by Crippen LogP contribution is 2.54. The summed E-state index contributed by atoms with van der Waals surface area (Å²) in [5.74, 6) is -3.11. The third kappa shape index (κ3) is 6.27. The number of methoxy groups -OCH3 is 1. The number of nitrogens with one attached hydrogen (secondary N) is 2. The highest BCUT2D eigenvalue weighted by molar-refractivity contribution is 7.92. The summed E-state index contributed by atoms with van der Waals surface area (Å²) in [4.78, 5) is 17.6. The van der Waals surface area contributed by atoms with Crippen molar-refractivity contribution in [3.8, 4) is 5.75 Å². The third-order valence-electron chi connectivity index (χ3n) is 8.28. The van der Waals surface area contributed by atoms with E-state index in [2.05, 4.69) is 14.9 Å². The number of para-hydroxylation sites is 1. The van der Waals surface area contributed by atoms with E-state index in [4.69, 9.17) is 9.84 Å². The van der Waals surface area contributed by atoms with Gasteiger partial charge in [0.15, 0.2) is 5.75 Å². The number of ether oxygens (including phenoxy) is 1. The molecule has 1 amide bonds. The summed E-state index contributed by atoms with van der Waals surface area (Å²) in [5.41, 5.74) is 2.76. The molecule has 1 saturated carbocycles. The molecule has 0 aromatic heterocycles. The van der Waals surface area contributed by atoms with Crippen LogP contribution in [0.4, 0.5) is 31.5 Å². The molecule has 0 unspecified atom stereocenters. The Balaban J connectivity index is 1.41. The van der Waals surface area contributed by atoms with Gasteiger partial charge in [-0.15, -0.1) is 0 Å². The van der Waals surface area contributed by atoms with Gasteiger partial charge in [-0.1, -0.05) is 6.07 Å². The Kier molecular flexibility index (Phi) is 7.84. The minimum absolute atomic E-state index is 0.176. The molecule has 2 aromatic rings. The van der Waals surface area contributed by atoms with Crippen LogP contribution in [-0.2, 0) is 10.0 Å². The minimum atomic E-state index is -3.74. The summed E-state index contributed by atoms with van der Waals surface area (Å²) in [5, 5.41) is 12.0. The zero-order valence-corrected chi connectivity index (χ0v) is 23.4. The lowest BCUT2D eigenvalue weighted by atomic mass is 9.93. The number of aliphatic hydroxyl groups is 1. The topological polar surface area (TPSA) is 111 Å². The van der Waals surface area contributed by atoms with E-state index >= 15 is 0 Å². The SMILES string of the molecule is COc1c(NC(=O)c2ccc(NS(=O)(=O)CCO)cc2N2CCC3(CC2)CC3)cccc1N1CCC(F)(F)CC1. The molecule has 12 heteroatoms. The number of anilines is 4. The second-order valence-corrected chi connectivity index (χ2v) is 12.9. The predicted octanol–water partition coefficient (Wildman–Crippen LogP) is 4.30. The lowest BCUT2D eigenvalue weighted by molar-refractivity contribution is -0.0221. The van der Waals surface area contributed by atoms with E-state index in [1.54, 1.807) is 30.3 Å². The van der Waals surface area contributed by atoms with Gasteiger partial charge < -0.3 is 25.0 Å². The van der Waals surface area contributed by atoms with Crippen molar-refractivity contribution in [2.75, 3.05) is 65.5 Å². The van der Waals surface area contributed by atoms with E-state index in [1.807, 2.05) is 4.90 Å². The van der Waals surface area contributed by atoms with Gasteiger partial charge >= 0.3 is 0 Å². The number of hydrogen-bond acceptors (Lipinski definition) is 7. The van der Waals surface area contributed by atoms with Crippen molar-refractivity contribution < 1.29 is 31.8 Å². The van der Waals surface area contributed by atoms with Gasteiger partial charge in [-0.2, -0.15) is 0 Å². The molecule has 1 spiro atoms. The monoisotopic (exact) mass is 578 g/mol. The average molecular weight is 579 g/mol.